The minimum absolute atomic E-state index is 0.460. The van der Waals surface area contributed by atoms with Crippen LogP contribution in [-0.2, 0) is 2.84 Å². The zero-order chi connectivity index (χ0) is 26.6. The molecule has 4 aromatic carbocycles. The molecule has 190 valence electrons. The highest BCUT2D eigenvalue weighted by Crippen LogP contribution is 2.34. The molecule has 11 heteroatoms. The molecular formula is C28H20Al2N2O7. The van der Waals surface area contributed by atoms with Crippen molar-refractivity contribution in [3.63, 3.8) is 0 Å². The summed E-state index contributed by atoms with van der Waals surface area (Å²) in [5, 5.41) is 0. The molecule has 2 heterocycles. The van der Waals surface area contributed by atoms with Gasteiger partial charge in [0.2, 0.25) is 11.8 Å². The Morgan fingerprint density at radius 3 is 1.51 bits per heavy atom. The maximum absolute atomic E-state index is 5.98. The van der Waals surface area contributed by atoms with Crippen LogP contribution in [0.2, 0.25) is 0 Å². The number of benzene rings is 4. The van der Waals surface area contributed by atoms with E-state index in [4.69, 9.17) is 28.7 Å². The Labute approximate surface area is 237 Å². The van der Waals surface area contributed by atoms with Gasteiger partial charge < -0.3 is 28.7 Å². The van der Waals surface area contributed by atoms with Crippen molar-refractivity contribution in [2.24, 2.45) is 0 Å². The lowest BCUT2D eigenvalue weighted by Crippen LogP contribution is -2.16. The molecule has 0 bridgehead atoms. The van der Waals surface area contributed by atoms with Crippen LogP contribution in [0.5, 0.6) is 23.0 Å². The number of fused-ring (bicyclic) bond motifs is 2. The number of oxazole rings is 2. The van der Waals surface area contributed by atoms with Gasteiger partial charge in [-0.15, -0.1) is 0 Å². The van der Waals surface area contributed by atoms with E-state index in [0.29, 0.717) is 57.0 Å². The summed E-state index contributed by atoms with van der Waals surface area (Å²) in [6, 6.07) is 26.1. The molecule has 0 spiro atoms. The lowest BCUT2D eigenvalue weighted by Gasteiger charge is -2.12. The van der Waals surface area contributed by atoms with Gasteiger partial charge in [0.1, 0.15) is 22.5 Å². The van der Waals surface area contributed by atoms with Crippen molar-refractivity contribution in [2.45, 2.75) is 0 Å². The first kappa shape index (κ1) is 25.3. The zero-order valence-corrected chi connectivity index (χ0v) is 23.3. The molecule has 0 atom stereocenters. The molecule has 6 aromatic rings. The van der Waals surface area contributed by atoms with E-state index in [-0.39, 0.29) is 0 Å². The van der Waals surface area contributed by atoms with Crippen molar-refractivity contribution in [1.29, 1.82) is 0 Å². The summed E-state index contributed by atoms with van der Waals surface area (Å²) in [6.07, 6.45) is 0. The molecule has 0 amide bonds. The molecule has 2 radical (unpaired) electrons. The molecule has 0 saturated carbocycles. The van der Waals surface area contributed by atoms with Crippen molar-refractivity contribution >= 4 is 54.0 Å². The van der Waals surface area contributed by atoms with Crippen LogP contribution in [0.1, 0.15) is 0 Å². The van der Waals surface area contributed by atoms with Crippen LogP contribution in [0, 0.1) is 0 Å². The second-order valence-corrected chi connectivity index (χ2v) is 10.2. The van der Waals surface area contributed by atoms with E-state index in [1.165, 1.54) is 0 Å². The normalized spacial score (nSPS) is 10.9. The van der Waals surface area contributed by atoms with Crippen LogP contribution in [0.3, 0.4) is 0 Å². The van der Waals surface area contributed by atoms with Crippen molar-refractivity contribution in [1.82, 2.24) is 9.97 Å². The van der Waals surface area contributed by atoms with E-state index >= 15 is 0 Å². The Morgan fingerprint density at radius 1 is 0.590 bits per heavy atom. The molecule has 6 rings (SSSR count). The lowest BCUT2D eigenvalue weighted by molar-refractivity contribution is 0.415. The molecule has 0 fully saturated rings. The molecular weight excluding hydrogens is 530 g/mol. The number of para-hydroxylation sites is 2. The van der Waals surface area contributed by atoms with Gasteiger partial charge in [-0.05, 0) is 48.5 Å². The average Bonchev–Trinajstić information content (AvgIpc) is 3.60. The minimum atomic E-state index is -0.844. The Morgan fingerprint density at radius 2 is 1.05 bits per heavy atom. The summed E-state index contributed by atoms with van der Waals surface area (Å²) in [4.78, 5) is 9.20. The Hall–Kier alpha value is -3.96. The smallest absolute Gasteiger partial charge is 0.627 e. The van der Waals surface area contributed by atoms with E-state index in [0.717, 1.165) is 11.1 Å². The number of hydrogen-bond donors (Lipinski definition) is 0. The number of ether oxygens (including phenoxy) is 2. The van der Waals surface area contributed by atoms with Gasteiger partial charge in [0, 0.05) is 12.1 Å². The van der Waals surface area contributed by atoms with Crippen LogP contribution < -0.4 is 17.1 Å². The SMILES string of the molecule is COc1ccc2oc(-c3ccccc3[O][Al][O][Al][O]c3ccccc3-c3nc4cc(OC)ccc4o3)nc2c1. The Kier molecular flexibility index (Phi) is 7.42. The average molecular weight is 550 g/mol. The Bertz CT molecular complexity index is 1620. The van der Waals surface area contributed by atoms with Gasteiger partial charge >= 0.3 is 31.8 Å². The summed E-state index contributed by atoms with van der Waals surface area (Å²) < 4.78 is 40.2. The number of methoxy groups -OCH3 is 2. The van der Waals surface area contributed by atoms with Crippen LogP contribution >= 0.6 is 0 Å². The molecule has 0 aliphatic heterocycles. The summed E-state index contributed by atoms with van der Waals surface area (Å²) >= 11 is -1.69. The standard InChI is InChI=1S/2C14H11NO3.2Al.O/c2*1-17-9-6-7-13-11(8-9)15-14(18-13)10-4-2-3-5-12(10)16;;;/h2*2-8,16H,1H3;;;/q;;2*+1;/p-2. The summed E-state index contributed by atoms with van der Waals surface area (Å²) in [5.41, 5.74) is 4.21. The summed E-state index contributed by atoms with van der Waals surface area (Å²) in [7, 11) is 3.23. The third-order valence-electron chi connectivity index (χ3n) is 5.89. The maximum Gasteiger partial charge on any atom is 0.743 e. The highest BCUT2D eigenvalue weighted by Gasteiger charge is 2.18. The fraction of sp³-hybridized carbons (Fsp3) is 0.0714. The number of hydrogen-bond acceptors (Lipinski definition) is 9. The number of nitrogens with zero attached hydrogens (tertiary/aromatic N) is 2. The second-order valence-electron chi connectivity index (χ2n) is 8.26. The van der Waals surface area contributed by atoms with Crippen LogP contribution in [0.15, 0.2) is 93.8 Å². The largest absolute Gasteiger partial charge is 0.743 e. The third kappa shape index (κ3) is 5.46. The topological polar surface area (TPSA) is 98.2 Å². The van der Waals surface area contributed by atoms with Crippen molar-refractivity contribution in [2.75, 3.05) is 14.2 Å². The molecule has 2 aromatic heterocycles. The fourth-order valence-electron chi connectivity index (χ4n) is 3.97. The Balaban J connectivity index is 1.11. The quantitative estimate of drug-likeness (QED) is 0.153. The van der Waals surface area contributed by atoms with Gasteiger partial charge in [-0.1, -0.05) is 24.3 Å². The molecule has 0 aliphatic rings. The van der Waals surface area contributed by atoms with Crippen LogP contribution in [-0.4, -0.2) is 56.0 Å². The highest BCUT2D eigenvalue weighted by molar-refractivity contribution is 6.35. The maximum atomic E-state index is 5.98. The van der Waals surface area contributed by atoms with Gasteiger partial charge in [0.05, 0.1) is 36.8 Å². The van der Waals surface area contributed by atoms with E-state index in [9.17, 15) is 0 Å². The van der Waals surface area contributed by atoms with Gasteiger partial charge in [-0.25, -0.2) is 9.97 Å². The third-order valence-corrected chi connectivity index (χ3v) is 7.47. The molecule has 0 aliphatic carbocycles. The van der Waals surface area contributed by atoms with Gasteiger partial charge in [-0.2, -0.15) is 0 Å². The highest BCUT2D eigenvalue weighted by atomic mass is 27.3. The monoisotopic (exact) mass is 550 g/mol. The first-order valence-corrected chi connectivity index (χ1v) is 13.8. The lowest BCUT2D eigenvalue weighted by atomic mass is 10.2. The first-order valence-electron chi connectivity index (χ1n) is 11.9. The predicted molar refractivity (Wildman–Crippen MR) is 146 cm³/mol. The van der Waals surface area contributed by atoms with Gasteiger partial charge in [0.15, 0.2) is 11.2 Å². The summed E-state index contributed by atoms with van der Waals surface area (Å²) in [6.45, 7) is 0. The minimum Gasteiger partial charge on any atom is -0.627 e. The zero-order valence-electron chi connectivity index (χ0n) is 21.0. The summed E-state index contributed by atoms with van der Waals surface area (Å²) in [5.74, 6) is 3.58. The fourth-order valence-corrected chi connectivity index (χ4v) is 5.22. The molecule has 0 N–H and O–H groups in total. The predicted octanol–water partition coefficient (Wildman–Crippen LogP) is 5.86. The molecule has 0 unspecified atom stereocenters. The van der Waals surface area contributed by atoms with Crippen molar-refractivity contribution in [3.8, 4) is 45.9 Å². The van der Waals surface area contributed by atoms with E-state index in [2.05, 4.69) is 9.97 Å². The molecule has 39 heavy (non-hydrogen) atoms. The van der Waals surface area contributed by atoms with Crippen LogP contribution in [0.4, 0.5) is 0 Å². The van der Waals surface area contributed by atoms with Gasteiger partial charge in [0.25, 0.3) is 0 Å². The first-order chi connectivity index (χ1) is 19.2. The van der Waals surface area contributed by atoms with E-state index < -0.39 is 31.8 Å². The number of aromatic nitrogens is 2. The van der Waals surface area contributed by atoms with E-state index in [1.54, 1.807) is 14.2 Å². The van der Waals surface area contributed by atoms with Crippen molar-refractivity contribution < 1.29 is 28.7 Å². The van der Waals surface area contributed by atoms with Gasteiger partial charge in [-0.3, -0.25) is 0 Å². The van der Waals surface area contributed by atoms with Crippen LogP contribution in [0.25, 0.3) is 45.1 Å². The second kappa shape index (κ2) is 11.4. The molecule has 0 saturated heterocycles. The van der Waals surface area contributed by atoms with Crippen molar-refractivity contribution in [3.05, 3.63) is 84.9 Å². The molecule has 9 nitrogen and oxygen atoms in total. The van der Waals surface area contributed by atoms with E-state index in [1.807, 2.05) is 84.9 Å². The number of rotatable bonds is 10.